The Morgan fingerprint density at radius 3 is 3.18 bits per heavy atom. The standard InChI is InChI=1S/C7H6N2O2/c10-7(11)5-1-2-6-8-3-4-9(5)6/h1-3H,4H2,(H,10,11). The fourth-order valence-corrected chi connectivity index (χ4v) is 1.16. The van der Waals surface area contributed by atoms with Crippen LogP contribution in [-0.2, 0) is 6.54 Å². The minimum atomic E-state index is -0.901. The molecule has 0 atom stereocenters. The summed E-state index contributed by atoms with van der Waals surface area (Å²) >= 11 is 0. The van der Waals surface area contributed by atoms with Gasteiger partial charge in [0.25, 0.3) is 0 Å². The van der Waals surface area contributed by atoms with E-state index in [1.807, 2.05) is 0 Å². The van der Waals surface area contributed by atoms with E-state index in [4.69, 9.17) is 5.11 Å². The van der Waals surface area contributed by atoms with Gasteiger partial charge in [-0.1, -0.05) is 0 Å². The van der Waals surface area contributed by atoms with Gasteiger partial charge in [-0.2, -0.15) is 0 Å². The molecule has 4 heteroatoms. The summed E-state index contributed by atoms with van der Waals surface area (Å²) in [6.45, 7) is 0.573. The molecule has 56 valence electrons. The second kappa shape index (κ2) is 1.95. The highest BCUT2D eigenvalue weighted by atomic mass is 16.4. The first kappa shape index (κ1) is 6.15. The quantitative estimate of drug-likeness (QED) is 0.646. The van der Waals surface area contributed by atoms with Crippen molar-refractivity contribution in [1.82, 2.24) is 4.57 Å². The van der Waals surface area contributed by atoms with E-state index in [1.165, 1.54) is 0 Å². The number of carbonyl (C=O) groups is 1. The lowest BCUT2D eigenvalue weighted by molar-refractivity contribution is 0.0686. The molecule has 2 rings (SSSR count). The van der Waals surface area contributed by atoms with E-state index >= 15 is 0 Å². The molecular formula is C7H6N2O2. The largest absolute Gasteiger partial charge is 0.477 e. The van der Waals surface area contributed by atoms with Crippen LogP contribution in [0.1, 0.15) is 10.5 Å². The van der Waals surface area contributed by atoms with Gasteiger partial charge in [-0.3, -0.25) is 0 Å². The summed E-state index contributed by atoms with van der Waals surface area (Å²) in [5.74, 6) is -0.177. The maximum Gasteiger partial charge on any atom is 0.352 e. The van der Waals surface area contributed by atoms with Crippen molar-refractivity contribution in [3.63, 3.8) is 0 Å². The second-order valence-corrected chi connectivity index (χ2v) is 2.30. The zero-order valence-electron chi connectivity index (χ0n) is 5.69. The van der Waals surface area contributed by atoms with Crippen molar-refractivity contribution in [3.05, 3.63) is 17.8 Å². The highest BCUT2D eigenvalue weighted by molar-refractivity contribution is 5.88. The van der Waals surface area contributed by atoms with Crippen molar-refractivity contribution in [1.29, 1.82) is 0 Å². The second-order valence-electron chi connectivity index (χ2n) is 2.30. The number of hydrogen-bond acceptors (Lipinski definition) is 2. The number of hydrogen-bond donors (Lipinski definition) is 1. The molecular weight excluding hydrogens is 144 g/mol. The van der Waals surface area contributed by atoms with Crippen molar-refractivity contribution in [2.24, 2.45) is 4.99 Å². The lowest BCUT2D eigenvalue weighted by Crippen LogP contribution is -2.05. The Labute approximate surface area is 62.8 Å². The molecule has 0 radical (unpaired) electrons. The molecule has 1 aliphatic heterocycles. The smallest absolute Gasteiger partial charge is 0.352 e. The Morgan fingerprint density at radius 2 is 2.45 bits per heavy atom. The minimum Gasteiger partial charge on any atom is -0.477 e. The number of aliphatic imine (C=N–C) groups is 1. The van der Waals surface area contributed by atoms with Crippen LogP contribution in [0.15, 0.2) is 17.1 Å². The fraction of sp³-hybridized carbons (Fsp3) is 0.143. The first-order valence-corrected chi connectivity index (χ1v) is 3.24. The van der Waals surface area contributed by atoms with Gasteiger partial charge >= 0.3 is 5.97 Å². The Bertz CT molecular complexity index is 338. The van der Waals surface area contributed by atoms with Crippen LogP contribution in [0, 0.1) is 0 Å². The summed E-state index contributed by atoms with van der Waals surface area (Å²) in [6, 6.07) is 3.26. The van der Waals surface area contributed by atoms with E-state index in [-0.39, 0.29) is 0 Å². The molecule has 11 heavy (non-hydrogen) atoms. The first-order chi connectivity index (χ1) is 5.29. The van der Waals surface area contributed by atoms with Crippen LogP contribution in [0.5, 0.6) is 0 Å². The Morgan fingerprint density at radius 1 is 1.64 bits per heavy atom. The maximum absolute atomic E-state index is 10.5. The third kappa shape index (κ3) is 0.756. The molecule has 0 saturated heterocycles. The van der Waals surface area contributed by atoms with Crippen LogP contribution in [-0.4, -0.2) is 21.9 Å². The molecule has 4 nitrogen and oxygen atoms in total. The number of aromatic carboxylic acids is 1. The lowest BCUT2D eigenvalue weighted by Gasteiger charge is -1.97. The summed E-state index contributed by atoms with van der Waals surface area (Å²) < 4.78 is 1.66. The van der Waals surface area contributed by atoms with Crippen molar-refractivity contribution in [2.45, 2.75) is 6.54 Å². The monoisotopic (exact) mass is 150 g/mol. The van der Waals surface area contributed by atoms with Crippen LogP contribution < -0.4 is 0 Å². The highest BCUT2D eigenvalue weighted by Crippen LogP contribution is 2.20. The van der Waals surface area contributed by atoms with Gasteiger partial charge in [0.15, 0.2) is 0 Å². The van der Waals surface area contributed by atoms with Gasteiger partial charge in [-0.25, -0.2) is 9.79 Å². The van der Waals surface area contributed by atoms with Crippen molar-refractivity contribution < 1.29 is 9.90 Å². The van der Waals surface area contributed by atoms with E-state index in [0.717, 1.165) is 5.82 Å². The van der Waals surface area contributed by atoms with Crippen LogP contribution in [0.2, 0.25) is 0 Å². The Kier molecular flexibility index (Phi) is 1.09. The summed E-state index contributed by atoms with van der Waals surface area (Å²) in [5, 5.41) is 8.66. The number of rotatable bonds is 1. The van der Waals surface area contributed by atoms with Gasteiger partial charge in [0.1, 0.15) is 11.5 Å². The van der Waals surface area contributed by atoms with Crippen LogP contribution >= 0.6 is 0 Å². The van der Waals surface area contributed by atoms with E-state index in [1.54, 1.807) is 22.9 Å². The van der Waals surface area contributed by atoms with E-state index < -0.39 is 5.97 Å². The van der Waals surface area contributed by atoms with E-state index in [0.29, 0.717) is 12.2 Å². The number of nitrogens with zero attached hydrogens (tertiary/aromatic N) is 2. The molecule has 0 saturated carbocycles. The first-order valence-electron chi connectivity index (χ1n) is 3.24. The topological polar surface area (TPSA) is 54.6 Å². The molecule has 0 aromatic carbocycles. The molecule has 1 N–H and O–H groups in total. The zero-order chi connectivity index (χ0) is 7.84. The third-order valence-corrected chi connectivity index (χ3v) is 1.66. The fourth-order valence-electron chi connectivity index (χ4n) is 1.16. The van der Waals surface area contributed by atoms with Gasteiger partial charge in [-0.15, -0.1) is 0 Å². The minimum absolute atomic E-state index is 0.303. The average molecular weight is 150 g/mol. The number of carboxylic acid groups (broad SMARTS) is 1. The number of aromatic nitrogens is 1. The average Bonchev–Trinajstić information content (AvgIpc) is 2.41. The predicted octanol–water partition coefficient (Wildman–Crippen LogP) is 0.902. The SMILES string of the molecule is O=C(O)c1ccc2n1CC=N2. The molecule has 2 heterocycles. The van der Waals surface area contributed by atoms with E-state index in [2.05, 4.69) is 4.99 Å². The molecule has 0 aliphatic carbocycles. The van der Waals surface area contributed by atoms with E-state index in [9.17, 15) is 4.79 Å². The molecule has 0 amide bonds. The zero-order valence-corrected chi connectivity index (χ0v) is 5.69. The molecule has 0 spiro atoms. The van der Waals surface area contributed by atoms with Crippen molar-refractivity contribution in [3.8, 4) is 0 Å². The third-order valence-electron chi connectivity index (χ3n) is 1.66. The summed E-state index contributed by atoms with van der Waals surface area (Å²) in [4.78, 5) is 14.5. The van der Waals surface area contributed by atoms with Gasteiger partial charge in [-0.05, 0) is 12.1 Å². The molecule has 1 aliphatic rings. The van der Waals surface area contributed by atoms with Gasteiger partial charge in [0.2, 0.25) is 0 Å². The summed E-state index contributed by atoms with van der Waals surface area (Å²) in [5.41, 5.74) is 0.303. The van der Waals surface area contributed by atoms with Crippen LogP contribution in [0.4, 0.5) is 5.82 Å². The molecule has 0 bridgehead atoms. The lowest BCUT2D eigenvalue weighted by atomic mass is 10.4. The summed E-state index contributed by atoms with van der Waals surface area (Å²) in [7, 11) is 0. The predicted molar refractivity (Wildman–Crippen MR) is 39.5 cm³/mol. The van der Waals surface area contributed by atoms with Gasteiger partial charge in [0.05, 0.1) is 6.54 Å². The van der Waals surface area contributed by atoms with Crippen molar-refractivity contribution >= 4 is 18.0 Å². The molecule has 0 fully saturated rings. The van der Waals surface area contributed by atoms with Crippen molar-refractivity contribution in [2.75, 3.05) is 0 Å². The highest BCUT2D eigenvalue weighted by Gasteiger charge is 2.14. The van der Waals surface area contributed by atoms with Gasteiger partial charge in [0, 0.05) is 6.21 Å². The maximum atomic E-state index is 10.5. The Hall–Kier alpha value is -1.58. The number of fused-ring (bicyclic) bond motifs is 1. The summed E-state index contributed by atoms with van der Waals surface area (Å²) in [6.07, 6.45) is 1.70. The molecule has 1 aromatic heterocycles. The van der Waals surface area contributed by atoms with Gasteiger partial charge < -0.3 is 9.67 Å². The normalized spacial score (nSPS) is 13.5. The number of carboxylic acids is 1. The molecule has 0 unspecified atom stereocenters. The molecule has 1 aromatic rings. The van der Waals surface area contributed by atoms with Crippen LogP contribution in [0.25, 0.3) is 0 Å². The Balaban J connectivity index is 2.55. The van der Waals surface area contributed by atoms with Crippen LogP contribution in [0.3, 0.4) is 0 Å².